The maximum Gasteiger partial charge on any atom is 0.351 e. The van der Waals surface area contributed by atoms with Crippen molar-refractivity contribution in [2.75, 3.05) is 0 Å². The molecule has 110 valence electrons. The van der Waals surface area contributed by atoms with Crippen LogP contribution in [0.3, 0.4) is 0 Å². The fraction of sp³-hybridized carbons (Fsp3) is 0.176. The largest absolute Gasteiger partial charge is 0.507 e. The summed E-state index contributed by atoms with van der Waals surface area (Å²) >= 11 is 0. The number of hydrogen-bond acceptors (Lipinski definition) is 4. The van der Waals surface area contributed by atoms with Crippen LogP contribution < -0.4 is 5.63 Å². The summed E-state index contributed by atoms with van der Waals surface area (Å²) in [4.78, 5) is 23.4. The Morgan fingerprint density at radius 1 is 1.19 bits per heavy atom. The molecule has 0 atom stereocenters. The van der Waals surface area contributed by atoms with Crippen LogP contribution in [0.2, 0.25) is 0 Å². The SMILES string of the molecule is CC.Cc1cc(O)c(C(=O)/C=C/c2ccccc2)c(=O)o1. The Bertz CT molecular complexity index is 682. The second-order valence-electron chi connectivity index (χ2n) is 4.01. The molecule has 1 heterocycles. The molecule has 0 radical (unpaired) electrons. The summed E-state index contributed by atoms with van der Waals surface area (Å²) in [6.45, 7) is 5.52. The fourth-order valence-electron chi connectivity index (χ4n) is 1.64. The number of carbonyl (C=O) groups excluding carboxylic acids is 1. The number of rotatable bonds is 3. The zero-order chi connectivity index (χ0) is 15.8. The van der Waals surface area contributed by atoms with Crippen LogP contribution in [0.15, 0.2) is 51.7 Å². The summed E-state index contributed by atoms with van der Waals surface area (Å²) in [6.07, 6.45) is 2.80. The van der Waals surface area contributed by atoms with Crippen molar-refractivity contribution in [2.24, 2.45) is 0 Å². The highest BCUT2D eigenvalue weighted by molar-refractivity contribution is 6.08. The third-order valence-electron chi connectivity index (χ3n) is 2.53. The van der Waals surface area contributed by atoms with Gasteiger partial charge in [-0.1, -0.05) is 50.3 Å². The Hall–Kier alpha value is -2.62. The number of ketones is 1. The summed E-state index contributed by atoms with van der Waals surface area (Å²) in [7, 11) is 0. The highest BCUT2D eigenvalue weighted by Gasteiger charge is 2.15. The summed E-state index contributed by atoms with van der Waals surface area (Å²) in [5.41, 5.74) is -0.357. The summed E-state index contributed by atoms with van der Waals surface area (Å²) < 4.78 is 4.79. The first-order valence-corrected chi connectivity index (χ1v) is 6.69. The average molecular weight is 286 g/mol. The molecule has 0 amide bonds. The van der Waals surface area contributed by atoms with Gasteiger partial charge in [0.2, 0.25) is 0 Å². The van der Waals surface area contributed by atoms with E-state index in [1.54, 1.807) is 6.08 Å². The van der Waals surface area contributed by atoms with Gasteiger partial charge in [0.05, 0.1) is 0 Å². The van der Waals surface area contributed by atoms with Crippen LogP contribution in [-0.2, 0) is 0 Å². The van der Waals surface area contributed by atoms with Gasteiger partial charge in [-0.2, -0.15) is 0 Å². The third kappa shape index (κ3) is 4.45. The minimum absolute atomic E-state index is 0.256. The van der Waals surface area contributed by atoms with Gasteiger partial charge < -0.3 is 9.52 Å². The molecule has 0 bridgehead atoms. The maximum absolute atomic E-state index is 11.9. The Morgan fingerprint density at radius 3 is 2.38 bits per heavy atom. The highest BCUT2D eigenvalue weighted by Crippen LogP contribution is 2.15. The van der Waals surface area contributed by atoms with Crippen LogP contribution in [0.1, 0.15) is 35.5 Å². The molecular formula is C17H18O4. The van der Waals surface area contributed by atoms with E-state index in [1.807, 2.05) is 44.2 Å². The van der Waals surface area contributed by atoms with Gasteiger partial charge in [-0.25, -0.2) is 4.79 Å². The monoisotopic (exact) mass is 286 g/mol. The fourth-order valence-corrected chi connectivity index (χ4v) is 1.64. The van der Waals surface area contributed by atoms with Crippen molar-refractivity contribution < 1.29 is 14.3 Å². The molecule has 2 aromatic rings. The quantitative estimate of drug-likeness (QED) is 0.691. The molecule has 0 fully saturated rings. The molecule has 0 aliphatic carbocycles. The molecule has 2 rings (SSSR count). The van der Waals surface area contributed by atoms with E-state index >= 15 is 0 Å². The number of benzene rings is 1. The van der Waals surface area contributed by atoms with Crippen molar-refractivity contribution in [1.29, 1.82) is 0 Å². The Balaban J connectivity index is 0.00000106. The van der Waals surface area contributed by atoms with E-state index in [4.69, 9.17) is 4.42 Å². The molecule has 21 heavy (non-hydrogen) atoms. The van der Waals surface area contributed by atoms with Gasteiger partial charge in [0.25, 0.3) is 0 Å². The van der Waals surface area contributed by atoms with E-state index in [1.165, 1.54) is 19.1 Å². The minimum atomic E-state index is -0.833. The van der Waals surface area contributed by atoms with Gasteiger partial charge >= 0.3 is 5.63 Å². The molecule has 1 aromatic carbocycles. The molecule has 0 aliphatic rings. The van der Waals surface area contributed by atoms with Crippen LogP contribution >= 0.6 is 0 Å². The molecule has 0 spiro atoms. The van der Waals surface area contributed by atoms with Crippen molar-refractivity contribution in [3.8, 4) is 5.75 Å². The van der Waals surface area contributed by atoms with E-state index in [0.29, 0.717) is 0 Å². The lowest BCUT2D eigenvalue weighted by atomic mass is 10.1. The third-order valence-corrected chi connectivity index (χ3v) is 2.53. The van der Waals surface area contributed by atoms with Crippen molar-refractivity contribution in [2.45, 2.75) is 20.8 Å². The first kappa shape index (κ1) is 16.4. The van der Waals surface area contributed by atoms with E-state index < -0.39 is 11.4 Å². The van der Waals surface area contributed by atoms with E-state index in [-0.39, 0.29) is 17.1 Å². The Morgan fingerprint density at radius 2 is 1.81 bits per heavy atom. The molecule has 1 aromatic heterocycles. The Labute approximate surface area is 123 Å². The standard InChI is InChI=1S/C15H12O4.C2H6/c1-10-9-13(17)14(15(18)19-10)12(16)8-7-11-5-3-2-4-6-11;1-2/h2-9,17H,1H3;1-2H3/b8-7+;. The summed E-state index contributed by atoms with van der Waals surface area (Å²) in [5.74, 6) is -0.697. The smallest absolute Gasteiger partial charge is 0.351 e. The van der Waals surface area contributed by atoms with Crippen molar-refractivity contribution >= 4 is 11.9 Å². The number of aryl methyl sites for hydroxylation is 1. The first-order chi connectivity index (χ1) is 10.1. The van der Waals surface area contributed by atoms with Gasteiger partial charge in [0.15, 0.2) is 5.78 Å². The predicted octanol–water partition coefficient (Wildman–Crippen LogP) is 3.58. The second-order valence-corrected chi connectivity index (χ2v) is 4.01. The molecular weight excluding hydrogens is 268 g/mol. The lowest BCUT2D eigenvalue weighted by Gasteiger charge is -1.99. The zero-order valence-electron chi connectivity index (χ0n) is 12.3. The zero-order valence-corrected chi connectivity index (χ0v) is 12.3. The van der Waals surface area contributed by atoms with Crippen LogP contribution in [0.4, 0.5) is 0 Å². The molecule has 0 saturated carbocycles. The predicted molar refractivity (Wildman–Crippen MR) is 82.5 cm³/mol. The topological polar surface area (TPSA) is 67.5 Å². The molecule has 0 saturated heterocycles. The van der Waals surface area contributed by atoms with Crippen LogP contribution in [0, 0.1) is 6.92 Å². The van der Waals surface area contributed by atoms with Gasteiger partial charge in [0, 0.05) is 6.07 Å². The highest BCUT2D eigenvalue weighted by atomic mass is 16.4. The van der Waals surface area contributed by atoms with Gasteiger partial charge in [-0.15, -0.1) is 0 Å². The Kier molecular flexibility index (Phi) is 6.14. The van der Waals surface area contributed by atoms with Crippen LogP contribution in [0.5, 0.6) is 5.75 Å². The molecule has 0 aliphatic heterocycles. The molecule has 4 heteroatoms. The summed E-state index contributed by atoms with van der Waals surface area (Å²) in [5, 5.41) is 9.63. The number of carbonyl (C=O) groups is 1. The lowest BCUT2D eigenvalue weighted by Crippen LogP contribution is -2.12. The van der Waals surface area contributed by atoms with Gasteiger partial charge in [0.1, 0.15) is 17.1 Å². The van der Waals surface area contributed by atoms with Crippen LogP contribution in [-0.4, -0.2) is 10.9 Å². The summed E-state index contributed by atoms with van der Waals surface area (Å²) in [6, 6.07) is 10.4. The normalized spacial score (nSPS) is 10.0. The number of aromatic hydroxyl groups is 1. The lowest BCUT2D eigenvalue weighted by molar-refractivity contribution is 0.104. The number of allylic oxidation sites excluding steroid dienone is 1. The molecule has 0 unspecified atom stereocenters. The van der Waals surface area contributed by atoms with Crippen molar-refractivity contribution in [1.82, 2.24) is 0 Å². The average Bonchev–Trinajstić information content (AvgIpc) is 2.47. The maximum atomic E-state index is 11.9. The minimum Gasteiger partial charge on any atom is -0.507 e. The van der Waals surface area contributed by atoms with Gasteiger partial charge in [-0.05, 0) is 18.6 Å². The second kappa shape index (κ2) is 7.85. The molecule has 4 nitrogen and oxygen atoms in total. The van der Waals surface area contributed by atoms with Gasteiger partial charge in [-0.3, -0.25) is 4.79 Å². The first-order valence-electron chi connectivity index (χ1n) is 6.69. The molecule has 1 N–H and O–H groups in total. The number of hydrogen-bond donors (Lipinski definition) is 1. The van der Waals surface area contributed by atoms with E-state index in [0.717, 1.165) is 5.56 Å². The van der Waals surface area contributed by atoms with Crippen molar-refractivity contribution in [3.63, 3.8) is 0 Å². The van der Waals surface area contributed by atoms with E-state index in [2.05, 4.69) is 0 Å². The van der Waals surface area contributed by atoms with Crippen LogP contribution in [0.25, 0.3) is 6.08 Å². The van der Waals surface area contributed by atoms with E-state index in [9.17, 15) is 14.7 Å². The van der Waals surface area contributed by atoms with Crippen molar-refractivity contribution in [3.05, 3.63) is 69.8 Å².